The molecule has 1 amide bonds. The molecule has 1 aliphatic carbocycles. The fourth-order valence-electron chi connectivity index (χ4n) is 3.96. The van der Waals surface area contributed by atoms with E-state index < -0.39 is 0 Å². The summed E-state index contributed by atoms with van der Waals surface area (Å²) in [6, 6.07) is 13.6. The number of ether oxygens (including phenoxy) is 2. The lowest BCUT2D eigenvalue weighted by Crippen LogP contribution is -2.25. The molecular formula is C24H18N2O3. The molecule has 3 aromatic rings. The van der Waals surface area contributed by atoms with E-state index in [9.17, 15) is 4.79 Å². The molecule has 5 nitrogen and oxygen atoms in total. The highest BCUT2D eigenvalue weighted by Gasteiger charge is 2.26. The van der Waals surface area contributed by atoms with Crippen molar-refractivity contribution >= 4 is 28.5 Å². The number of rotatable bonds is 3. The molecule has 0 bridgehead atoms. The van der Waals surface area contributed by atoms with E-state index in [4.69, 9.17) is 20.9 Å². The van der Waals surface area contributed by atoms with Crippen LogP contribution in [0.25, 0.3) is 22.6 Å². The van der Waals surface area contributed by atoms with Crippen molar-refractivity contribution in [2.75, 3.05) is 13.3 Å². The third-order valence-corrected chi connectivity index (χ3v) is 5.26. The Morgan fingerprint density at radius 3 is 2.93 bits per heavy atom. The Morgan fingerprint density at radius 1 is 1.17 bits per heavy atom. The van der Waals surface area contributed by atoms with Gasteiger partial charge in [-0.05, 0) is 53.8 Å². The van der Waals surface area contributed by atoms with E-state index in [1.54, 1.807) is 0 Å². The van der Waals surface area contributed by atoms with E-state index in [0.717, 1.165) is 57.6 Å². The molecule has 2 aromatic carbocycles. The van der Waals surface area contributed by atoms with Crippen LogP contribution < -0.4 is 14.8 Å². The minimum Gasteiger partial charge on any atom is -0.454 e. The molecule has 5 heteroatoms. The van der Waals surface area contributed by atoms with Gasteiger partial charge < -0.3 is 14.8 Å². The first-order chi connectivity index (χ1) is 14.2. The Kier molecular flexibility index (Phi) is 4.18. The van der Waals surface area contributed by atoms with Crippen LogP contribution in [0.4, 0.5) is 0 Å². The zero-order valence-corrected chi connectivity index (χ0v) is 15.7. The molecule has 0 fully saturated rings. The predicted octanol–water partition coefficient (Wildman–Crippen LogP) is 3.81. The number of nitrogens with one attached hydrogen (secondary N) is 1. The Morgan fingerprint density at radius 2 is 2.03 bits per heavy atom. The summed E-state index contributed by atoms with van der Waals surface area (Å²) in [5, 5.41) is 3.66. The van der Waals surface area contributed by atoms with E-state index in [-0.39, 0.29) is 19.2 Å². The molecule has 142 valence electrons. The summed E-state index contributed by atoms with van der Waals surface area (Å²) in [5.41, 5.74) is 5.46. The second kappa shape index (κ2) is 6.99. The van der Waals surface area contributed by atoms with E-state index in [2.05, 4.69) is 17.3 Å². The van der Waals surface area contributed by atoms with Gasteiger partial charge in [0.15, 0.2) is 11.5 Å². The molecule has 29 heavy (non-hydrogen) atoms. The highest BCUT2D eigenvalue weighted by Crippen LogP contribution is 2.39. The molecule has 0 radical (unpaired) electrons. The van der Waals surface area contributed by atoms with E-state index in [0.29, 0.717) is 5.56 Å². The van der Waals surface area contributed by atoms with E-state index in [1.165, 1.54) is 0 Å². The topological polar surface area (TPSA) is 60.5 Å². The maximum atomic E-state index is 12.9. The predicted molar refractivity (Wildman–Crippen MR) is 112 cm³/mol. The maximum Gasteiger partial charge on any atom is 0.253 e. The number of pyridine rings is 1. The molecule has 0 saturated heterocycles. The van der Waals surface area contributed by atoms with Crippen LogP contribution in [0.1, 0.15) is 33.6 Å². The summed E-state index contributed by atoms with van der Waals surface area (Å²) < 4.78 is 10.9. The average Bonchev–Trinajstić information content (AvgIpc) is 3.37. The van der Waals surface area contributed by atoms with Gasteiger partial charge in [-0.25, -0.2) is 4.98 Å². The number of nitrogens with zero attached hydrogens (tertiary/aromatic N) is 1. The van der Waals surface area contributed by atoms with E-state index in [1.807, 2.05) is 42.5 Å². The second-order valence-corrected chi connectivity index (χ2v) is 7.00. The first kappa shape index (κ1) is 17.3. The summed E-state index contributed by atoms with van der Waals surface area (Å²) in [6.07, 6.45) is 9.02. The molecule has 1 aromatic heterocycles. The maximum absolute atomic E-state index is 12.9. The van der Waals surface area contributed by atoms with Gasteiger partial charge in [-0.3, -0.25) is 4.79 Å². The third kappa shape index (κ3) is 2.99. The largest absolute Gasteiger partial charge is 0.454 e. The molecule has 0 atom stereocenters. The quantitative estimate of drug-likeness (QED) is 0.700. The molecule has 2 aliphatic rings. The van der Waals surface area contributed by atoms with E-state index >= 15 is 0 Å². The molecular weight excluding hydrogens is 364 g/mol. The normalized spacial score (nSPS) is 15.3. The third-order valence-electron chi connectivity index (χ3n) is 5.26. The zero-order chi connectivity index (χ0) is 19.8. The number of allylic oxidation sites excluding steroid dienone is 1. The lowest BCUT2D eigenvalue weighted by Gasteiger charge is -2.12. The van der Waals surface area contributed by atoms with Crippen LogP contribution in [0.15, 0.2) is 42.5 Å². The van der Waals surface area contributed by atoms with Gasteiger partial charge in [0.05, 0.1) is 23.3 Å². The summed E-state index contributed by atoms with van der Waals surface area (Å²) in [4.78, 5) is 17.8. The van der Waals surface area contributed by atoms with Crippen molar-refractivity contribution in [3.8, 4) is 23.8 Å². The van der Waals surface area contributed by atoms with Crippen LogP contribution in [-0.2, 0) is 6.42 Å². The van der Waals surface area contributed by atoms with Gasteiger partial charge in [0.1, 0.15) is 0 Å². The Balaban J connectivity index is 1.63. The summed E-state index contributed by atoms with van der Waals surface area (Å²) in [6.45, 7) is 0.450. The number of terminal acetylenes is 1. The molecule has 0 unspecified atom stereocenters. The Hall–Kier alpha value is -3.78. The Bertz CT molecular complexity index is 1220. The first-order valence-electron chi connectivity index (χ1n) is 9.48. The molecule has 1 aliphatic heterocycles. The number of fused-ring (bicyclic) bond motifs is 3. The first-order valence-corrected chi connectivity index (χ1v) is 9.48. The molecule has 5 rings (SSSR count). The SMILES string of the molecule is C#CCNC(=O)c1c2c(nc3ccccc13)C(=Cc1ccc3c(c1)OCO3)CC2. The summed E-state index contributed by atoms with van der Waals surface area (Å²) >= 11 is 0. The molecule has 0 spiro atoms. The van der Waals surface area contributed by atoms with Gasteiger partial charge in [-0.15, -0.1) is 6.42 Å². The molecule has 0 saturated carbocycles. The summed E-state index contributed by atoms with van der Waals surface area (Å²) in [7, 11) is 0. The van der Waals surface area contributed by atoms with Gasteiger partial charge in [0.25, 0.3) is 5.91 Å². The molecule has 2 heterocycles. The lowest BCUT2D eigenvalue weighted by atomic mass is 10.00. The highest BCUT2D eigenvalue weighted by atomic mass is 16.7. The average molecular weight is 382 g/mol. The van der Waals surface area contributed by atoms with Crippen LogP contribution in [0.3, 0.4) is 0 Å². The number of benzene rings is 2. The van der Waals surface area contributed by atoms with Crippen molar-refractivity contribution in [2.45, 2.75) is 12.8 Å². The van der Waals surface area contributed by atoms with Crippen molar-refractivity contribution < 1.29 is 14.3 Å². The summed E-state index contributed by atoms with van der Waals surface area (Å²) in [5.74, 6) is 3.82. The van der Waals surface area contributed by atoms with Gasteiger partial charge >= 0.3 is 0 Å². The van der Waals surface area contributed by atoms with Gasteiger partial charge in [0.2, 0.25) is 6.79 Å². The zero-order valence-electron chi connectivity index (χ0n) is 15.7. The van der Waals surface area contributed by atoms with Crippen LogP contribution in [0, 0.1) is 12.3 Å². The number of carbonyl (C=O) groups excluding carboxylic acids is 1. The van der Waals surface area contributed by atoms with Crippen molar-refractivity contribution in [3.63, 3.8) is 0 Å². The van der Waals surface area contributed by atoms with Crippen molar-refractivity contribution in [1.29, 1.82) is 0 Å². The Labute approximate surface area is 168 Å². The van der Waals surface area contributed by atoms with Gasteiger partial charge in [-0.2, -0.15) is 0 Å². The number of hydrogen-bond donors (Lipinski definition) is 1. The van der Waals surface area contributed by atoms with Gasteiger partial charge in [0, 0.05) is 5.39 Å². The number of para-hydroxylation sites is 1. The molecule has 1 N–H and O–H groups in total. The standard InChI is InChI=1S/C24H18N2O3/c1-2-11-25-24(27)22-17-5-3-4-6-19(17)26-23-16(8-9-18(22)23)12-15-7-10-20-21(13-15)29-14-28-20/h1,3-7,10,12-13H,8-9,11,14H2,(H,25,27). The smallest absolute Gasteiger partial charge is 0.253 e. The van der Waals surface area contributed by atoms with Gasteiger partial charge in [-0.1, -0.05) is 30.2 Å². The lowest BCUT2D eigenvalue weighted by molar-refractivity contribution is 0.0959. The number of aromatic nitrogens is 1. The monoisotopic (exact) mass is 382 g/mol. The van der Waals surface area contributed by atoms with Crippen molar-refractivity contribution in [2.24, 2.45) is 0 Å². The van der Waals surface area contributed by atoms with Crippen LogP contribution >= 0.6 is 0 Å². The minimum atomic E-state index is -0.151. The van der Waals surface area contributed by atoms with Crippen LogP contribution in [0.5, 0.6) is 11.5 Å². The minimum absolute atomic E-state index is 0.151. The second-order valence-electron chi connectivity index (χ2n) is 7.00. The highest BCUT2D eigenvalue weighted by molar-refractivity contribution is 6.09. The van der Waals surface area contributed by atoms with Crippen LogP contribution in [-0.4, -0.2) is 24.2 Å². The van der Waals surface area contributed by atoms with Crippen molar-refractivity contribution in [1.82, 2.24) is 10.3 Å². The number of amides is 1. The fraction of sp³-hybridized carbons (Fsp3) is 0.167. The number of hydrogen-bond acceptors (Lipinski definition) is 4. The number of carbonyl (C=O) groups is 1. The fourth-order valence-corrected chi connectivity index (χ4v) is 3.96. The van der Waals surface area contributed by atoms with Crippen LogP contribution in [0.2, 0.25) is 0 Å². The van der Waals surface area contributed by atoms with Crippen molar-refractivity contribution in [3.05, 3.63) is 64.8 Å².